The highest BCUT2D eigenvalue weighted by molar-refractivity contribution is 7.98. The molecule has 0 unspecified atom stereocenters. The molecule has 0 aliphatic heterocycles. The molecule has 0 aliphatic rings. The van der Waals surface area contributed by atoms with E-state index in [0.29, 0.717) is 44.4 Å². The van der Waals surface area contributed by atoms with Gasteiger partial charge in [-0.05, 0) is 61.4 Å². The van der Waals surface area contributed by atoms with E-state index >= 15 is 0 Å². The van der Waals surface area contributed by atoms with Crippen LogP contribution in [-0.2, 0) is 20.6 Å². The SMILES string of the molecule is Cc1ccc(S(=O)(=O)N(CC(=O)NCCSCc2ccc(Cl)c(Cl)c2)c2cccc(Cl)c2C)cc1. The van der Waals surface area contributed by atoms with E-state index in [2.05, 4.69) is 5.32 Å². The van der Waals surface area contributed by atoms with Gasteiger partial charge < -0.3 is 5.32 Å². The molecule has 0 radical (unpaired) electrons. The molecule has 3 aromatic carbocycles. The van der Waals surface area contributed by atoms with E-state index in [1.54, 1.807) is 55.1 Å². The van der Waals surface area contributed by atoms with Crippen LogP contribution in [0.25, 0.3) is 0 Å². The lowest BCUT2D eigenvalue weighted by Crippen LogP contribution is -2.41. The summed E-state index contributed by atoms with van der Waals surface area (Å²) in [5.41, 5.74) is 2.91. The molecule has 0 heterocycles. The van der Waals surface area contributed by atoms with Crippen molar-refractivity contribution >= 4 is 68.2 Å². The minimum atomic E-state index is -4.00. The molecule has 3 rings (SSSR count). The highest BCUT2D eigenvalue weighted by Crippen LogP contribution is 2.31. The summed E-state index contributed by atoms with van der Waals surface area (Å²) in [6.07, 6.45) is 0. The molecule has 0 spiro atoms. The van der Waals surface area contributed by atoms with Gasteiger partial charge in [-0.3, -0.25) is 9.10 Å². The number of benzene rings is 3. The van der Waals surface area contributed by atoms with Crippen LogP contribution in [0.2, 0.25) is 15.1 Å². The fraction of sp³-hybridized carbons (Fsp3) is 0.240. The first-order valence-corrected chi connectivity index (χ1v) is 14.5. The van der Waals surface area contributed by atoms with E-state index < -0.39 is 15.9 Å². The number of carbonyl (C=O) groups is 1. The second-order valence-electron chi connectivity index (χ2n) is 7.86. The molecule has 5 nitrogen and oxygen atoms in total. The molecule has 0 saturated heterocycles. The van der Waals surface area contributed by atoms with E-state index in [-0.39, 0.29) is 11.4 Å². The monoisotopic (exact) mass is 570 g/mol. The quantitative estimate of drug-likeness (QED) is 0.282. The standard InChI is InChI=1S/C25H25Cl3N2O3S2/c1-17-6-9-20(10-7-17)35(32,33)30(24-5-3-4-21(26)18(24)2)15-25(31)29-12-13-34-16-19-8-11-22(27)23(28)14-19/h3-11,14H,12-13,15-16H2,1-2H3,(H,29,31). The van der Waals surface area contributed by atoms with Crippen molar-refractivity contribution in [1.29, 1.82) is 0 Å². The summed E-state index contributed by atoms with van der Waals surface area (Å²) in [6.45, 7) is 3.63. The Bertz CT molecular complexity index is 1300. The number of nitrogens with zero attached hydrogens (tertiary/aromatic N) is 1. The van der Waals surface area contributed by atoms with Crippen molar-refractivity contribution < 1.29 is 13.2 Å². The van der Waals surface area contributed by atoms with Gasteiger partial charge in [-0.25, -0.2) is 8.42 Å². The van der Waals surface area contributed by atoms with Gasteiger partial charge in [0, 0.05) is 23.1 Å². The van der Waals surface area contributed by atoms with Crippen molar-refractivity contribution in [2.75, 3.05) is 23.1 Å². The fourth-order valence-corrected chi connectivity index (χ4v) is 6.05. The first kappa shape index (κ1) is 27.7. The van der Waals surface area contributed by atoms with Gasteiger partial charge in [0.15, 0.2) is 0 Å². The summed E-state index contributed by atoms with van der Waals surface area (Å²) in [4.78, 5) is 12.9. The Hall–Kier alpha value is -1.90. The van der Waals surface area contributed by atoms with Crippen molar-refractivity contribution in [3.05, 3.63) is 92.4 Å². The topological polar surface area (TPSA) is 66.5 Å². The maximum absolute atomic E-state index is 13.5. The number of hydrogen-bond acceptors (Lipinski definition) is 4. The predicted molar refractivity (Wildman–Crippen MR) is 148 cm³/mol. The van der Waals surface area contributed by atoms with E-state index in [4.69, 9.17) is 34.8 Å². The fourth-order valence-electron chi connectivity index (χ4n) is 3.27. The summed E-state index contributed by atoms with van der Waals surface area (Å²) in [5, 5.41) is 4.24. The third-order valence-corrected chi connectivity index (χ3v) is 9.18. The number of amides is 1. The smallest absolute Gasteiger partial charge is 0.264 e. The third-order valence-electron chi connectivity index (χ3n) is 5.23. The molecule has 10 heteroatoms. The van der Waals surface area contributed by atoms with Crippen molar-refractivity contribution in [2.45, 2.75) is 24.5 Å². The average molecular weight is 572 g/mol. The molecule has 0 saturated carbocycles. The van der Waals surface area contributed by atoms with Gasteiger partial charge in [0.2, 0.25) is 5.91 Å². The Labute approximate surface area is 225 Å². The van der Waals surface area contributed by atoms with Crippen molar-refractivity contribution in [2.24, 2.45) is 0 Å². The maximum atomic E-state index is 13.5. The number of anilines is 1. The zero-order valence-electron chi connectivity index (χ0n) is 19.2. The number of sulfonamides is 1. The Morgan fingerprint density at radius 3 is 2.34 bits per heavy atom. The van der Waals surface area contributed by atoms with Crippen LogP contribution in [0.15, 0.2) is 65.6 Å². The number of halogens is 3. The zero-order chi connectivity index (χ0) is 25.6. The number of carbonyl (C=O) groups excluding carboxylic acids is 1. The largest absolute Gasteiger partial charge is 0.354 e. The van der Waals surface area contributed by atoms with Gasteiger partial charge in [0.1, 0.15) is 6.54 Å². The molecule has 1 N–H and O–H groups in total. The van der Waals surface area contributed by atoms with Crippen LogP contribution in [-0.4, -0.2) is 33.2 Å². The first-order chi connectivity index (χ1) is 16.6. The van der Waals surface area contributed by atoms with Gasteiger partial charge in [-0.2, -0.15) is 11.8 Å². The van der Waals surface area contributed by atoms with Gasteiger partial charge in [-0.15, -0.1) is 0 Å². The van der Waals surface area contributed by atoms with E-state index in [1.807, 2.05) is 19.1 Å². The maximum Gasteiger partial charge on any atom is 0.264 e. The van der Waals surface area contributed by atoms with Gasteiger partial charge in [0.05, 0.1) is 20.6 Å². The molecule has 0 fully saturated rings. The number of thioether (sulfide) groups is 1. The molecule has 0 atom stereocenters. The summed E-state index contributed by atoms with van der Waals surface area (Å²) < 4.78 is 28.1. The lowest BCUT2D eigenvalue weighted by Gasteiger charge is -2.26. The lowest BCUT2D eigenvalue weighted by atomic mass is 10.2. The second-order valence-corrected chi connectivity index (χ2v) is 12.0. The van der Waals surface area contributed by atoms with Crippen molar-refractivity contribution in [1.82, 2.24) is 5.32 Å². The number of nitrogens with one attached hydrogen (secondary N) is 1. The van der Waals surface area contributed by atoms with Crippen molar-refractivity contribution in [3.8, 4) is 0 Å². The predicted octanol–water partition coefficient (Wildman–Crippen LogP) is 6.51. The Kier molecular flexibility index (Phi) is 9.78. The average Bonchev–Trinajstić information content (AvgIpc) is 2.82. The van der Waals surface area contributed by atoms with Crippen LogP contribution in [0.1, 0.15) is 16.7 Å². The first-order valence-electron chi connectivity index (χ1n) is 10.7. The normalized spacial score (nSPS) is 11.3. The van der Waals surface area contributed by atoms with Gasteiger partial charge in [0.25, 0.3) is 10.0 Å². The summed E-state index contributed by atoms with van der Waals surface area (Å²) in [6, 6.07) is 17.0. The molecular formula is C25H25Cl3N2O3S2. The molecule has 0 aromatic heterocycles. The Morgan fingerprint density at radius 2 is 1.66 bits per heavy atom. The van der Waals surface area contributed by atoms with Gasteiger partial charge >= 0.3 is 0 Å². The van der Waals surface area contributed by atoms with Crippen LogP contribution in [0, 0.1) is 13.8 Å². The van der Waals surface area contributed by atoms with E-state index in [9.17, 15) is 13.2 Å². The molecule has 1 amide bonds. The van der Waals surface area contributed by atoms with Crippen LogP contribution < -0.4 is 9.62 Å². The molecule has 35 heavy (non-hydrogen) atoms. The minimum Gasteiger partial charge on any atom is -0.354 e. The minimum absolute atomic E-state index is 0.104. The van der Waals surface area contributed by atoms with Crippen LogP contribution in [0.4, 0.5) is 5.69 Å². The van der Waals surface area contributed by atoms with Gasteiger partial charge in [-0.1, -0.05) is 64.6 Å². The zero-order valence-corrected chi connectivity index (χ0v) is 23.1. The highest BCUT2D eigenvalue weighted by Gasteiger charge is 2.28. The summed E-state index contributed by atoms with van der Waals surface area (Å²) in [5.74, 6) is 0.949. The van der Waals surface area contributed by atoms with Crippen LogP contribution in [0.5, 0.6) is 0 Å². The van der Waals surface area contributed by atoms with E-state index in [0.717, 1.165) is 15.4 Å². The number of hydrogen-bond donors (Lipinski definition) is 1. The number of aryl methyl sites for hydroxylation is 1. The Morgan fingerprint density at radius 1 is 0.943 bits per heavy atom. The third kappa shape index (κ3) is 7.30. The molecule has 0 aliphatic carbocycles. The summed E-state index contributed by atoms with van der Waals surface area (Å²) >= 11 is 19.9. The summed E-state index contributed by atoms with van der Waals surface area (Å²) in [7, 11) is -4.00. The molecule has 0 bridgehead atoms. The second kappa shape index (κ2) is 12.4. The molecular weight excluding hydrogens is 547 g/mol. The highest BCUT2D eigenvalue weighted by atomic mass is 35.5. The molecule has 186 valence electrons. The Balaban J connectivity index is 1.68. The van der Waals surface area contributed by atoms with Crippen LogP contribution in [0.3, 0.4) is 0 Å². The lowest BCUT2D eigenvalue weighted by molar-refractivity contribution is -0.119. The van der Waals surface area contributed by atoms with Crippen molar-refractivity contribution in [3.63, 3.8) is 0 Å². The van der Waals surface area contributed by atoms with E-state index in [1.165, 1.54) is 12.1 Å². The number of rotatable bonds is 10. The van der Waals surface area contributed by atoms with Crippen LogP contribution >= 0.6 is 46.6 Å². The molecule has 3 aromatic rings.